The topological polar surface area (TPSA) is 83.0 Å². The Bertz CT molecular complexity index is 921. The van der Waals surface area contributed by atoms with Gasteiger partial charge in [-0.05, 0) is 17.7 Å². The Morgan fingerprint density at radius 3 is 2.96 bits per heavy atom. The average Bonchev–Trinajstić information content (AvgIpc) is 3.09. The summed E-state index contributed by atoms with van der Waals surface area (Å²) in [5.41, 5.74) is 2.45. The van der Waals surface area contributed by atoms with Crippen LogP contribution in [0, 0.1) is 0 Å². The Morgan fingerprint density at radius 1 is 1.43 bits per heavy atom. The molecule has 1 aromatic carbocycles. The summed E-state index contributed by atoms with van der Waals surface area (Å²) in [5, 5.41) is 9.91. The minimum Gasteiger partial charge on any atom is -0.366 e. The molecule has 0 unspecified atom stereocenters. The van der Waals surface area contributed by atoms with Gasteiger partial charge in [-0.15, -0.1) is 0 Å². The van der Waals surface area contributed by atoms with Crippen molar-refractivity contribution in [1.29, 1.82) is 0 Å². The largest absolute Gasteiger partial charge is 0.366 e. The molecule has 0 saturated heterocycles. The molecule has 1 amide bonds. The maximum Gasteiger partial charge on any atom is 0.307 e. The highest BCUT2D eigenvalue weighted by atomic mass is 32.1. The van der Waals surface area contributed by atoms with E-state index in [9.17, 15) is 9.59 Å². The molecule has 0 fully saturated rings. The molecule has 7 nitrogen and oxygen atoms in total. The molecule has 0 aliphatic rings. The average molecular weight is 331 g/mol. The molecule has 23 heavy (non-hydrogen) atoms. The number of hydrogen-bond donors (Lipinski definition) is 2. The highest BCUT2D eigenvalue weighted by molar-refractivity contribution is 7.16. The van der Waals surface area contributed by atoms with Gasteiger partial charge in [0.1, 0.15) is 11.4 Å². The Kier molecular flexibility index (Phi) is 3.91. The first-order valence-corrected chi connectivity index (χ1v) is 7.86. The molecule has 0 atom stereocenters. The minimum atomic E-state index is -0.113. The molecular formula is C15H17N5O2S. The predicted molar refractivity (Wildman–Crippen MR) is 91.0 cm³/mol. The Hall–Kier alpha value is -2.61. The maximum absolute atomic E-state index is 12.0. The third-order valence-electron chi connectivity index (χ3n) is 3.60. The number of carbonyl (C=O) groups is 1. The number of nitrogens with one attached hydrogen (secondary N) is 2. The molecule has 3 aromatic rings. The molecule has 3 rings (SSSR count). The number of H-pyrrole nitrogens is 1. The lowest BCUT2D eigenvalue weighted by Gasteiger charge is -2.11. The fraction of sp³-hybridized carbons (Fsp3) is 0.267. The van der Waals surface area contributed by atoms with Crippen LogP contribution in [-0.2, 0) is 13.6 Å². The number of amides is 1. The molecule has 2 aromatic heterocycles. The fourth-order valence-electron chi connectivity index (χ4n) is 2.30. The van der Waals surface area contributed by atoms with Crippen molar-refractivity contribution in [2.24, 2.45) is 7.05 Å². The van der Waals surface area contributed by atoms with Gasteiger partial charge >= 0.3 is 4.87 Å². The number of rotatable bonds is 4. The number of fused-ring (bicyclic) bond motifs is 1. The molecule has 0 bridgehead atoms. The van der Waals surface area contributed by atoms with E-state index < -0.39 is 0 Å². The molecular weight excluding hydrogens is 314 g/mol. The molecule has 2 N–H and O–H groups in total. The van der Waals surface area contributed by atoms with E-state index in [0.717, 1.165) is 15.8 Å². The van der Waals surface area contributed by atoms with Crippen LogP contribution in [0.3, 0.4) is 0 Å². The summed E-state index contributed by atoms with van der Waals surface area (Å²) in [6.07, 6.45) is 1.51. The van der Waals surface area contributed by atoms with E-state index in [1.54, 1.807) is 25.7 Å². The van der Waals surface area contributed by atoms with Crippen molar-refractivity contribution in [3.8, 4) is 0 Å². The second kappa shape index (κ2) is 5.88. The highest BCUT2D eigenvalue weighted by Crippen LogP contribution is 2.20. The summed E-state index contributed by atoms with van der Waals surface area (Å²) in [4.78, 5) is 25.3. The van der Waals surface area contributed by atoms with E-state index in [-0.39, 0.29) is 10.8 Å². The van der Waals surface area contributed by atoms with E-state index >= 15 is 0 Å². The van der Waals surface area contributed by atoms with Gasteiger partial charge in [-0.3, -0.25) is 14.7 Å². The van der Waals surface area contributed by atoms with Crippen molar-refractivity contribution < 1.29 is 4.79 Å². The second-order valence-corrected chi connectivity index (χ2v) is 6.43. The summed E-state index contributed by atoms with van der Waals surface area (Å²) >= 11 is 1.23. The second-order valence-electron chi connectivity index (χ2n) is 5.44. The molecule has 0 saturated carbocycles. The molecule has 8 heteroatoms. The molecule has 0 radical (unpaired) electrons. The first-order valence-electron chi connectivity index (χ1n) is 7.04. The van der Waals surface area contributed by atoms with E-state index in [2.05, 4.69) is 15.5 Å². The van der Waals surface area contributed by atoms with Crippen LogP contribution in [-0.4, -0.2) is 39.7 Å². The highest BCUT2D eigenvalue weighted by Gasteiger charge is 2.15. The van der Waals surface area contributed by atoms with Gasteiger partial charge < -0.3 is 14.8 Å². The van der Waals surface area contributed by atoms with Crippen LogP contribution in [0.4, 0.5) is 5.82 Å². The van der Waals surface area contributed by atoms with Crippen molar-refractivity contribution in [1.82, 2.24) is 19.7 Å². The van der Waals surface area contributed by atoms with Crippen molar-refractivity contribution in [3.63, 3.8) is 0 Å². The van der Waals surface area contributed by atoms with Crippen LogP contribution in [0.15, 0.2) is 29.2 Å². The number of nitrogens with zero attached hydrogens (tertiary/aromatic N) is 3. The van der Waals surface area contributed by atoms with Crippen molar-refractivity contribution in [3.05, 3.63) is 45.2 Å². The number of aromatic nitrogens is 3. The third-order valence-corrected chi connectivity index (χ3v) is 4.60. The summed E-state index contributed by atoms with van der Waals surface area (Å²) in [6.45, 7) is 0.529. The predicted octanol–water partition coefficient (Wildman–Crippen LogP) is 1.64. The molecule has 0 aliphatic carbocycles. The van der Waals surface area contributed by atoms with E-state index in [0.29, 0.717) is 17.9 Å². The molecule has 2 heterocycles. The van der Waals surface area contributed by atoms with Crippen molar-refractivity contribution >= 4 is 33.3 Å². The van der Waals surface area contributed by atoms with Crippen LogP contribution in [0.25, 0.3) is 10.2 Å². The lowest BCUT2D eigenvalue weighted by Crippen LogP contribution is -2.22. The zero-order valence-corrected chi connectivity index (χ0v) is 13.9. The first-order chi connectivity index (χ1) is 11.0. The van der Waals surface area contributed by atoms with Crippen LogP contribution in [0.2, 0.25) is 0 Å². The first kappa shape index (κ1) is 15.3. The number of aryl methyl sites for hydroxylation is 1. The Labute approximate surface area is 136 Å². The van der Waals surface area contributed by atoms with Gasteiger partial charge in [0.25, 0.3) is 5.91 Å². The minimum absolute atomic E-state index is 0.0255. The van der Waals surface area contributed by atoms with Gasteiger partial charge in [-0.25, -0.2) is 0 Å². The number of hydrogen-bond acceptors (Lipinski definition) is 5. The summed E-state index contributed by atoms with van der Waals surface area (Å²) in [7, 11) is 5.16. The quantitative estimate of drug-likeness (QED) is 0.761. The molecule has 120 valence electrons. The zero-order valence-electron chi connectivity index (χ0n) is 13.1. The summed E-state index contributed by atoms with van der Waals surface area (Å²) < 4.78 is 2.59. The summed E-state index contributed by atoms with van der Waals surface area (Å²) in [6, 6.07) is 5.88. The number of anilines is 1. The standard InChI is InChI=1S/C15H17N5O2S/c1-19(2)14(21)10-8-17-18-13(10)16-7-9-4-5-11-12(6-9)23-15(22)20(11)3/h4-6,8H,7H2,1-3H3,(H2,16,17,18). The SMILES string of the molecule is CN(C)C(=O)c1cn[nH]c1NCc1ccc2c(c1)sc(=O)n2C. The smallest absolute Gasteiger partial charge is 0.307 e. The van der Waals surface area contributed by atoms with Gasteiger partial charge in [-0.2, -0.15) is 5.10 Å². The lowest BCUT2D eigenvalue weighted by molar-refractivity contribution is 0.0828. The van der Waals surface area contributed by atoms with Gasteiger partial charge in [0.05, 0.1) is 16.4 Å². The van der Waals surface area contributed by atoms with Crippen LogP contribution in [0.5, 0.6) is 0 Å². The normalized spacial score (nSPS) is 10.9. The number of carbonyl (C=O) groups excluding carboxylic acids is 1. The van der Waals surface area contributed by atoms with Crippen LogP contribution in [0.1, 0.15) is 15.9 Å². The number of thiazole rings is 1. The monoisotopic (exact) mass is 331 g/mol. The van der Waals surface area contributed by atoms with Gasteiger partial charge in [0.15, 0.2) is 0 Å². The zero-order chi connectivity index (χ0) is 16.6. The summed E-state index contributed by atoms with van der Waals surface area (Å²) in [5.74, 6) is 0.475. The van der Waals surface area contributed by atoms with Gasteiger partial charge in [-0.1, -0.05) is 17.4 Å². The van der Waals surface area contributed by atoms with Crippen LogP contribution >= 0.6 is 11.3 Å². The van der Waals surface area contributed by atoms with E-state index in [1.807, 2.05) is 18.2 Å². The van der Waals surface area contributed by atoms with E-state index in [4.69, 9.17) is 0 Å². The molecule has 0 aliphatic heterocycles. The number of aromatic amines is 1. The Morgan fingerprint density at radius 2 is 2.22 bits per heavy atom. The number of benzene rings is 1. The van der Waals surface area contributed by atoms with Crippen molar-refractivity contribution in [2.45, 2.75) is 6.54 Å². The van der Waals surface area contributed by atoms with E-state index in [1.165, 1.54) is 22.4 Å². The lowest BCUT2D eigenvalue weighted by atomic mass is 10.2. The fourth-order valence-corrected chi connectivity index (χ4v) is 3.25. The third kappa shape index (κ3) is 2.85. The van der Waals surface area contributed by atoms with Gasteiger partial charge in [0.2, 0.25) is 0 Å². The van der Waals surface area contributed by atoms with Crippen LogP contribution < -0.4 is 10.2 Å². The molecule has 0 spiro atoms. The Balaban J connectivity index is 1.80. The van der Waals surface area contributed by atoms with Crippen molar-refractivity contribution in [2.75, 3.05) is 19.4 Å². The van der Waals surface area contributed by atoms with Gasteiger partial charge in [0, 0.05) is 27.7 Å². The maximum atomic E-state index is 12.0.